The monoisotopic (exact) mass is 351 g/mol. The fraction of sp³-hybridized carbons (Fsp3) is 0.0667. The first-order chi connectivity index (χ1) is 9.57. The van der Waals surface area contributed by atoms with Crippen molar-refractivity contribution in [2.75, 3.05) is 10.8 Å². The number of hydrogen-bond acceptors (Lipinski definition) is 2. The van der Waals surface area contributed by atoms with Crippen LogP contribution in [0.4, 0.5) is 5.69 Å². The molecule has 0 aliphatic heterocycles. The van der Waals surface area contributed by atoms with Gasteiger partial charge in [0.15, 0.2) is 0 Å². The third kappa shape index (κ3) is 2.94. The minimum Gasteiger partial charge on any atom is -0.261 e. The van der Waals surface area contributed by atoms with E-state index in [-0.39, 0.29) is 11.4 Å². The van der Waals surface area contributed by atoms with Gasteiger partial charge in [-0.3, -0.25) is 4.31 Å². The zero-order valence-electron chi connectivity index (χ0n) is 10.7. The molecule has 0 spiro atoms. The lowest BCUT2D eigenvalue weighted by molar-refractivity contribution is 0.593. The number of rotatable bonds is 5. The second kappa shape index (κ2) is 6.24. The molecular weight excluding hydrogens is 338 g/mol. The molecule has 3 nitrogen and oxygen atoms in total. The Kier molecular flexibility index (Phi) is 4.62. The second-order valence-corrected chi connectivity index (χ2v) is 6.81. The van der Waals surface area contributed by atoms with Crippen LogP contribution in [0.25, 0.3) is 0 Å². The third-order valence-electron chi connectivity index (χ3n) is 2.75. The Hall–Kier alpha value is -1.59. The quantitative estimate of drug-likeness (QED) is 0.767. The lowest BCUT2D eigenvalue weighted by Gasteiger charge is -2.24. The zero-order valence-corrected chi connectivity index (χ0v) is 13.1. The molecule has 0 heterocycles. The van der Waals surface area contributed by atoms with E-state index >= 15 is 0 Å². The van der Waals surface area contributed by atoms with E-state index in [9.17, 15) is 8.42 Å². The standard InChI is InChI=1S/C15H14BrNO2S/c1-2-12-17(15-11-7-6-10-14(15)16)20(18,19)13-8-4-3-5-9-13/h2-11H,1,12H2. The molecule has 0 saturated heterocycles. The van der Waals surface area contributed by atoms with Crippen molar-refractivity contribution in [1.29, 1.82) is 0 Å². The van der Waals surface area contributed by atoms with Crippen LogP contribution in [-0.2, 0) is 10.0 Å². The molecule has 0 aliphatic carbocycles. The van der Waals surface area contributed by atoms with Crippen molar-refractivity contribution in [2.24, 2.45) is 0 Å². The van der Waals surface area contributed by atoms with Crippen LogP contribution in [0.1, 0.15) is 0 Å². The fourth-order valence-electron chi connectivity index (χ4n) is 1.82. The van der Waals surface area contributed by atoms with Crippen molar-refractivity contribution in [3.05, 3.63) is 71.7 Å². The van der Waals surface area contributed by atoms with Crippen LogP contribution in [0.5, 0.6) is 0 Å². The van der Waals surface area contributed by atoms with Gasteiger partial charge >= 0.3 is 0 Å². The Morgan fingerprint density at radius 2 is 1.65 bits per heavy atom. The van der Waals surface area contributed by atoms with Gasteiger partial charge in [0.1, 0.15) is 0 Å². The Labute approximate surface area is 127 Å². The van der Waals surface area contributed by atoms with E-state index in [1.54, 1.807) is 48.5 Å². The molecule has 0 atom stereocenters. The summed E-state index contributed by atoms with van der Waals surface area (Å²) >= 11 is 3.39. The van der Waals surface area contributed by atoms with Crippen molar-refractivity contribution in [1.82, 2.24) is 0 Å². The summed E-state index contributed by atoms with van der Waals surface area (Å²) in [7, 11) is -3.61. The largest absolute Gasteiger partial charge is 0.264 e. The highest BCUT2D eigenvalue weighted by Crippen LogP contribution is 2.30. The summed E-state index contributed by atoms with van der Waals surface area (Å²) in [5.41, 5.74) is 0.594. The van der Waals surface area contributed by atoms with E-state index in [4.69, 9.17) is 0 Å². The highest BCUT2D eigenvalue weighted by atomic mass is 79.9. The Morgan fingerprint density at radius 1 is 1.05 bits per heavy atom. The van der Waals surface area contributed by atoms with E-state index in [0.29, 0.717) is 5.69 Å². The number of benzene rings is 2. The van der Waals surface area contributed by atoms with Gasteiger partial charge in [0.05, 0.1) is 17.1 Å². The molecule has 0 aromatic heterocycles. The Bertz CT molecular complexity index is 699. The SMILES string of the molecule is C=CCN(c1ccccc1Br)S(=O)(=O)c1ccccc1. The van der Waals surface area contributed by atoms with E-state index in [1.807, 2.05) is 12.1 Å². The lowest BCUT2D eigenvalue weighted by atomic mass is 10.3. The summed E-state index contributed by atoms with van der Waals surface area (Å²) in [5, 5.41) is 0. The molecule has 0 bridgehead atoms. The maximum absolute atomic E-state index is 12.7. The Balaban J connectivity index is 2.55. The lowest BCUT2D eigenvalue weighted by Crippen LogP contribution is -2.31. The molecule has 2 rings (SSSR count). The predicted octanol–water partition coefficient (Wildman–Crippen LogP) is 3.83. The first kappa shape index (κ1) is 14.8. The van der Waals surface area contributed by atoms with Crippen molar-refractivity contribution in [2.45, 2.75) is 4.90 Å². The van der Waals surface area contributed by atoms with Gasteiger partial charge in [0.25, 0.3) is 10.0 Å². The van der Waals surface area contributed by atoms with E-state index in [1.165, 1.54) is 4.31 Å². The van der Waals surface area contributed by atoms with Gasteiger partial charge in [-0.15, -0.1) is 6.58 Å². The minimum atomic E-state index is -3.61. The number of sulfonamides is 1. The first-order valence-corrected chi connectivity index (χ1v) is 8.24. The third-order valence-corrected chi connectivity index (χ3v) is 5.21. The summed E-state index contributed by atoms with van der Waals surface area (Å²) in [6, 6.07) is 15.6. The fourth-order valence-corrected chi connectivity index (χ4v) is 3.91. The average Bonchev–Trinajstić information content (AvgIpc) is 2.46. The van der Waals surface area contributed by atoms with Gasteiger partial charge < -0.3 is 0 Å². The first-order valence-electron chi connectivity index (χ1n) is 6.00. The van der Waals surface area contributed by atoms with Crippen LogP contribution < -0.4 is 4.31 Å². The van der Waals surface area contributed by atoms with Crippen LogP contribution in [0, 0.1) is 0 Å². The molecule has 0 unspecified atom stereocenters. The van der Waals surface area contributed by atoms with Crippen molar-refractivity contribution < 1.29 is 8.42 Å². The van der Waals surface area contributed by atoms with Crippen molar-refractivity contribution in [3.63, 3.8) is 0 Å². The number of anilines is 1. The van der Waals surface area contributed by atoms with Gasteiger partial charge in [-0.2, -0.15) is 0 Å². The van der Waals surface area contributed by atoms with Crippen LogP contribution in [0.3, 0.4) is 0 Å². The van der Waals surface area contributed by atoms with Crippen molar-refractivity contribution >= 4 is 31.6 Å². The summed E-state index contributed by atoms with van der Waals surface area (Å²) in [5.74, 6) is 0. The molecule has 0 aliphatic rings. The molecule has 0 N–H and O–H groups in total. The molecule has 20 heavy (non-hydrogen) atoms. The molecule has 0 fully saturated rings. The normalized spacial score (nSPS) is 11.1. The van der Waals surface area contributed by atoms with Crippen molar-refractivity contribution in [3.8, 4) is 0 Å². The highest BCUT2D eigenvalue weighted by Gasteiger charge is 2.24. The predicted molar refractivity (Wildman–Crippen MR) is 85.3 cm³/mol. The smallest absolute Gasteiger partial charge is 0.261 e. The maximum Gasteiger partial charge on any atom is 0.264 e. The van der Waals surface area contributed by atoms with E-state index < -0.39 is 10.0 Å². The molecule has 5 heteroatoms. The molecule has 0 amide bonds. The van der Waals surface area contributed by atoms with Gasteiger partial charge in [-0.05, 0) is 40.2 Å². The molecular formula is C15H14BrNO2S. The second-order valence-electron chi connectivity index (χ2n) is 4.09. The van der Waals surface area contributed by atoms with Crippen LogP contribution >= 0.6 is 15.9 Å². The summed E-state index contributed by atoms with van der Waals surface area (Å²) < 4.78 is 27.5. The topological polar surface area (TPSA) is 37.4 Å². The molecule has 2 aromatic carbocycles. The van der Waals surface area contributed by atoms with Gasteiger partial charge in [0, 0.05) is 4.47 Å². The zero-order chi connectivity index (χ0) is 14.6. The summed E-state index contributed by atoms with van der Waals surface area (Å²) in [4.78, 5) is 0.262. The highest BCUT2D eigenvalue weighted by molar-refractivity contribution is 9.10. The van der Waals surface area contributed by atoms with Crippen LogP contribution in [-0.4, -0.2) is 15.0 Å². The Morgan fingerprint density at radius 3 is 2.25 bits per heavy atom. The summed E-state index contributed by atoms with van der Waals surface area (Å²) in [6.07, 6.45) is 1.57. The number of hydrogen-bond donors (Lipinski definition) is 0. The van der Waals surface area contributed by atoms with E-state index in [0.717, 1.165) is 4.47 Å². The summed E-state index contributed by atoms with van der Waals surface area (Å²) in [6.45, 7) is 3.85. The average molecular weight is 352 g/mol. The molecule has 0 radical (unpaired) electrons. The van der Waals surface area contributed by atoms with Gasteiger partial charge in [-0.25, -0.2) is 8.42 Å². The van der Waals surface area contributed by atoms with Gasteiger partial charge in [-0.1, -0.05) is 36.4 Å². The van der Waals surface area contributed by atoms with Gasteiger partial charge in [0.2, 0.25) is 0 Å². The molecule has 0 saturated carbocycles. The number of para-hydroxylation sites is 1. The minimum absolute atomic E-state index is 0.208. The number of halogens is 1. The van der Waals surface area contributed by atoms with Crippen LogP contribution in [0.2, 0.25) is 0 Å². The number of nitrogens with zero attached hydrogens (tertiary/aromatic N) is 1. The molecule has 2 aromatic rings. The van der Waals surface area contributed by atoms with E-state index in [2.05, 4.69) is 22.5 Å². The van der Waals surface area contributed by atoms with Crippen LogP contribution in [0.15, 0.2) is 76.6 Å². The maximum atomic E-state index is 12.7. The molecule has 104 valence electrons.